The summed E-state index contributed by atoms with van der Waals surface area (Å²) < 4.78 is 6.88. The Bertz CT molecular complexity index is 1370. The lowest BCUT2D eigenvalue weighted by Crippen LogP contribution is -2.25. The molecular weight excluding hydrogens is 442 g/mol. The summed E-state index contributed by atoms with van der Waals surface area (Å²) in [5, 5.41) is 7.62. The van der Waals surface area contributed by atoms with Crippen LogP contribution < -0.4 is 10.2 Å². The Balaban J connectivity index is 1.38. The molecule has 1 fully saturated rings. The number of rotatable bonds is 7. The van der Waals surface area contributed by atoms with Crippen molar-refractivity contribution in [3.8, 4) is 11.3 Å². The fourth-order valence-corrected chi connectivity index (χ4v) is 3.90. The van der Waals surface area contributed by atoms with E-state index in [2.05, 4.69) is 10.3 Å². The summed E-state index contributed by atoms with van der Waals surface area (Å²) in [6.45, 7) is 1.37. The zero-order chi connectivity index (χ0) is 24.0. The lowest BCUT2D eigenvalue weighted by atomic mass is 10.1. The van der Waals surface area contributed by atoms with Gasteiger partial charge in [0.05, 0.1) is 24.5 Å². The highest BCUT2D eigenvalue weighted by Crippen LogP contribution is 2.28. The summed E-state index contributed by atoms with van der Waals surface area (Å²) in [6, 6.07) is 21.0. The van der Waals surface area contributed by atoms with Crippen molar-refractivity contribution in [2.24, 2.45) is 0 Å². The molecule has 0 bridgehead atoms. The minimum Gasteiger partial charge on any atom is -0.447 e. The molecule has 0 unspecified atom stereocenters. The van der Waals surface area contributed by atoms with Crippen LogP contribution in [0.3, 0.4) is 0 Å². The Morgan fingerprint density at radius 3 is 2.66 bits per heavy atom. The number of aromatic nitrogens is 3. The van der Waals surface area contributed by atoms with Gasteiger partial charge in [0, 0.05) is 35.8 Å². The van der Waals surface area contributed by atoms with Gasteiger partial charge in [0.2, 0.25) is 5.91 Å². The van der Waals surface area contributed by atoms with Crippen molar-refractivity contribution in [2.75, 3.05) is 23.4 Å². The molecule has 1 aliphatic heterocycles. The van der Waals surface area contributed by atoms with E-state index < -0.39 is 6.09 Å². The first kappa shape index (κ1) is 22.1. The van der Waals surface area contributed by atoms with Crippen molar-refractivity contribution in [1.29, 1.82) is 0 Å². The third kappa shape index (κ3) is 5.11. The molecule has 2 aromatic carbocycles. The van der Waals surface area contributed by atoms with Crippen LogP contribution in [0.25, 0.3) is 17.3 Å². The molecule has 0 radical (unpaired) electrons. The second kappa shape index (κ2) is 10.0. The minimum atomic E-state index is -0.422. The van der Waals surface area contributed by atoms with Gasteiger partial charge in [-0.1, -0.05) is 42.5 Å². The van der Waals surface area contributed by atoms with Crippen molar-refractivity contribution >= 4 is 29.5 Å². The molecule has 174 valence electrons. The van der Waals surface area contributed by atoms with Crippen LogP contribution in [0.5, 0.6) is 0 Å². The van der Waals surface area contributed by atoms with Crippen molar-refractivity contribution in [3.63, 3.8) is 0 Å². The Morgan fingerprint density at radius 1 is 1.06 bits per heavy atom. The molecule has 2 aromatic heterocycles. The third-order valence-corrected chi connectivity index (χ3v) is 5.54. The number of ether oxygens (including phenoxy) is 1. The number of benzene rings is 2. The first-order valence-electron chi connectivity index (χ1n) is 11.2. The van der Waals surface area contributed by atoms with Gasteiger partial charge >= 0.3 is 6.09 Å². The van der Waals surface area contributed by atoms with Gasteiger partial charge in [-0.25, -0.2) is 4.79 Å². The van der Waals surface area contributed by atoms with Crippen molar-refractivity contribution in [3.05, 3.63) is 103 Å². The van der Waals surface area contributed by atoms with Crippen LogP contribution in [-0.2, 0) is 16.1 Å². The lowest BCUT2D eigenvalue weighted by Gasteiger charge is -2.17. The molecule has 0 spiro atoms. The number of amides is 2. The number of carbonyl (C=O) groups is 2. The number of carbonyl (C=O) groups excluding carboxylic acids is 2. The van der Waals surface area contributed by atoms with E-state index in [4.69, 9.17) is 9.84 Å². The highest BCUT2D eigenvalue weighted by molar-refractivity contribution is 6.05. The Kier molecular flexibility index (Phi) is 6.34. The van der Waals surface area contributed by atoms with E-state index in [9.17, 15) is 9.59 Å². The van der Waals surface area contributed by atoms with Gasteiger partial charge in [0.1, 0.15) is 12.3 Å². The van der Waals surface area contributed by atoms with Gasteiger partial charge in [0.25, 0.3) is 0 Å². The number of pyridine rings is 1. The minimum absolute atomic E-state index is 0.321. The fourth-order valence-electron chi connectivity index (χ4n) is 3.90. The summed E-state index contributed by atoms with van der Waals surface area (Å²) in [5.41, 5.74) is 4.64. The summed E-state index contributed by atoms with van der Waals surface area (Å²) in [6.07, 6.45) is 8.14. The zero-order valence-corrected chi connectivity index (χ0v) is 18.9. The molecule has 0 saturated carbocycles. The van der Waals surface area contributed by atoms with Gasteiger partial charge in [-0.15, -0.1) is 0 Å². The average Bonchev–Trinajstić information content (AvgIpc) is 3.50. The highest BCUT2D eigenvalue weighted by Gasteiger charge is 2.25. The first-order valence-corrected chi connectivity index (χ1v) is 11.2. The van der Waals surface area contributed by atoms with Gasteiger partial charge in [0.15, 0.2) is 0 Å². The van der Waals surface area contributed by atoms with Crippen LogP contribution in [-0.4, -0.2) is 39.9 Å². The largest absolute Gasteiger partial charge is 0.447 e. The predicted molar refractivity (Wildman–Crippen MR) is 134 cm³/mol. The zero-order valence-electron chi connectivity index (χ0n) is 18.9. The highest BCUT2D eigenvalue weighted by atomic mass is 16.6. The molecule has 3 heterocycles. The average molecular weight is 466 g/mol. The Labute approximate surface area is 202 Å². The molecule has 1 N–H and O–H groups in total. The molecule has 4 aromatic rings. The molecular formula is C27H23N5O3. The van der Waals surface area contributed by atoms with Crippen molar-refractivity contribution < 1.29 is 14.3 Å². The molecule has 1 aliphatic rings. The standard InChI is InChI=1S/C27H23N5O3/c33-25(29-23-10-4-5-11-24(23)32-15-16-35-27(32)34)13-12-22-19-31(18-20-7-2-1-3-8-20)30-26(22)21-9-6-14-28-17-21/h1-14,17,19H,15-16,18H2,(H,29,33)/b13-12+. The van der Waals surface area contributed by atoms with E-state index in [0.717, 1.165) is 22.4 Å². The second-order valence-corrected chi connectivity index (χ2v) is 7.96. The van der Waals surface area contributed by atoms with E-state index >= 15 is 0 Å². The van der Waals surface area contributed by atoms with E-state index in [0.29, 0.717) is 31.1 Å². The predicted octanol–water partition coefficient (Wildman–Crippen LogP) is 4.60. The Hall–Kier alpha value is -4.72. The topological polar surface area (TPSA) is 89.3 Å². The number of nitrogens with one attached hydrogen (secondary N) is 1. The second-order valence-electron chi connectivity index (χ2n) is 7.96. The van der Waals surface area contributed by atoms with Crippen LogP contribution in [0, 0.1) is 0 Å². The molecule has 0 atom stereocenters. The number of cyclic esters (lactones) is 1. The third-order valence-electron chi connectivity index (χ3n) is 5.54. The van der Waals surface area contributed by atoms with E-state index in [1.807, 2.05) is 59.4 Å². The SMILES string of the molecule is O=C(/C=C/c1cn(Cc2ccccc2)nc1-c1cccnc1)Nc1ccccc1N1CCOC1=O. The monoisotopic (exact) mass is 465 g/mol. The quantitative estimate of drug-likeness (QED) is 0.403. The fraction of sp³-hybridized carbons (Fsp3) is 0.111. The number of nitrogens with zero attached hydrogens (tertiary/aromatic N) is 4. The summed E-state index contributed by atoms with van der Waals surface area (Å²) in [4.78, 5) is 30.5. The van der Waals surface area contributed by atoms with E-state index in [-0.39, 0.29) is 5.91 Å². The molecule has 2 amide bonds. The first-order chi connectivity index (χ1) is 17.2. The Morgan fingerprint density at radius 2 is 1.89 bits per heavy atom. The van der Waals surface area contributed by atoms with Crippen LogP contribution >= 0.6 is 0 Å². The molecule has 8 nitrogen and oxygen atoms in total. The van der Waals surface area contributed by atoms with E-state index in [1.54, 1.807) is 36.7 Å². The number of hydrogen-bond donors (Lipinski definition) is 1. The molecule has 35 heavy (non-hydrogen) atoms. The lowest BCUT2D eigenvalue weighted by molar-refractivity contribution is -0.111. The van der Waals surface area contributed by atoms with Gasteiger partial charge in [-0.05, 0) is 35.9 Å². The number of anilines is 2. The molecule has 0 aliphatic carbocycles. The maximum absolute atomic E-state index is 12.8. The molecule has 5 rings (SSSR count). The van der Waals surface area contributed by atoms with Gasteiger partial charge in [-0.3, -0.25) is 19.4 Å². The van der Waals surface area contributed by atoms with Crippen molar-refractivity contribution in [1.82, 2.24) is 14.8 Å². The van der Waals surface area contributed by atoms with Crippen LogP contribution in [0.2, 0.25) is 0 Å². The normalized spacial score (nSPS) is 13.3. The molecule has 8 heteroatoms. The number of hydrogen-bond acceptors (Lipinski definition) is 5. The van der Waals surface area contributed by atoms with E-state index in [1.165, 1.54) is 11.0 Å². The summed E-state index contributed by atoms with van der Waals surface area (Å²) in [5.74, 6) is -0.321. The number of para-hydroxylation sites is 2. The maximum Gasteiger partial charge on any atom is 0.414 e. The van der Waals surface area contributed by atoms with Crippen LogP contribution in [0.1, 0.15) is 11.1 Å². The smallest absolute Gasteiger partial charge is 0.414 e. The summed E-state index contributed by atoms with van der Waals surface area (Å²) >= 11 is 0. The van der Waals surface area contributed by atoms with Gasteiger partial charge < -0.3 is 10.1 Å². The maximum atomic E-state index is 12.8. The van der Waals surface area contributed by atoms with Gasteiger partial charge in [-0.2, -0.15) is 5.10 Å². The van der Waals surface area contributed by atoms with Crippen LogP contribution in [0.15, 0.2) is 91.4 Å². The molecule has 1 saturated heterocycles. The van der Waals surface area contributed by atoms with Crippen LogP contribution in [0.4, 0.5) is 16.2 Å². The summed E-state index contributed by atoms with van der Waals surface area (Å²) in [7, 11) is 0. The van der Waals surface area contributed by atoms with Crippen molar-refractivity contribution in [2.45, 2.75) is 6.54 Å².